The first-order chi connectivity index (χ1) is 7.36. The SMILES string of the molecule is NC(=Cc1cnccn1)c1ccccc1. The zero-order valence-corrected chi connectivity index (χ0v) is 8.17. The second-order valence-electron chi connectivity index (χ2n) is 3.10. The summed E-state index contributed by atoms with van der Waals surface area (Å²) in [6, 6.07) is 9.78. The van der Waals surface area contributed by atoms with Crippen LogP contribution < -0.4 is 5.73 Å². The summed E-state index contributed by atoms with van der Waals surface area (Å²) in [6.07, 6.45) is 6.76. The van der Waals surface area contributed by atoms with Crippen molar-refractivity contribution in [3.63, 3.8) is 0 Å². The lowest BCUT2D eigenvalue weighted by atomic mass is 10.1. The number of hydrogen-bond acceptors (Lipinski definition) is 3. The van der Waals surface area contributed by atoms with Crippen LogP contribution in [-0.2, 0) is 0 Å². The lowest BCUT2D eigenvalue weighted by molar-refractivity contribution is 1.18. The molecule has 0 fully saturated rings. The fourth-order valence-corrected chi connectivity index (χ4v) is 1.26. The molecule has 3 heteroatoms. The van der Waals surface area contributed by atoms with Crippen molar-refractivity contribution in [1.82, 2.24) is 9.97 Å². The predicted octanol–water partition coefficient (Wildman–Crippen LogP) is 1.93. The smallest absolute Gasteiger partial charge is 0.0833 e. The number of benzene rings is 1. The molecule has 0 aliphatic rings. The van der Waals surface area contributed by atoms with Gasteiger partial charge >= 0.3 is 0 Å². The van der Waals surface area contributed by atoms with Crippen molar-refractivity contribution < 1.29 is 0 Å². The van der Waals surface area contributed by atoms with Gasteiger partial charge in [0.15, 0.2) is 0 Å². The molecule has 2 rings (SSSR count). The number of aromatic nitrogens is 2. The Labute approximate surface area is 88.3 Å². The maximum absolute atomic E-state index is 5.92. The van der Waals surface area contributed by atoms with Crippen molar-refractivity contribution in [2.24, 2.45) is 5.73 Å². The lowest BCUT2D eigenvalue weighted by Crippen LogP contribution is -1.96. The first kappa shape index (κ1) is 9.40. The van der Waals surface area contributed by atoms with E-state index in [-0.39, 0.29) is 0 Å². The van der Waals surface area contributed by atoms with Crippen LogP contribution in [0.15, 0.2) is 48.9 Å². The number of nitrogens with two attached hydrogens (primary N) is 1. The summed E-state index contributed by atoms with van der Waals surface area (Å²) in [5.41, 5.74) is 8.36. The maximum Gasteiger partial charge on any atom is 0.0833 e. The molecule has 0 unspecified atom stereocenters. The Kier molecular flexibility index (Phi) is 2.74. The van der Waals surface area contributed by atoms with E-state index in [2.05, 4.69) is 9.97 Å². The summed E-state index contributed by atoms with van der Waals surface area (Å²) in [7, 11) is 0. The molecule has 2 N–H and O–H groups in total. The molecule has 1 aromatic heterocycles. The predicted molar refractivity (Wildman–Crippen MR) is 60.5 cm³/mol. The van der Waals surface area contributed by atoms with Gasteiger partial charge in [-0.1, -0.05) is 30.3 Å². The highest BCUT2D eigenvalue weighted by Crippen LogP contribution is 2.10. The van der Waals surface area contributed by atoms with Crippen molar-refractivity contribution in [1.29, 1.82) is 0 Å². The third-order valence-corrected chi connectivity index (χ3v) is 1.99. The molecule has 74 valence electrons. The van der Waals surface area contributed by atoms with Crippen LogP contribution in [0.3, 0.4) is 0 Å². The number of nitrogens with zero attached hydrogens (tertiary/aromatic N) is 2. The molecule has 1 aromatic carbocycles. The van der Waals surface area contributed by atoms with Crippen molar-refractivity contribution in [2.45, 2.75) is 0 Å². The zero-order chi connectivity index (χ0) is 10.5. The number of hydrogen-bond donors (Lipinski definition) is 1. The Hall–Kier alpha value is -2.16. The van der Waals surface area contributed by atoms with Crippen molar-refractivity contribution in [3.05, 3.63) is 60.2 Å². The Bertz CT molecular complexity index is 449. The topological polar surface area (TPSA) is 51.8 Å². The molecule has 0 spiro atoms. The Morgan fingerprint density at radius 3 is 2.60 bits per heavy atom. The van der Waals surface area contributed by atoms with E-state index in [1.54, 1.807) is 18.6 Å². The van der Waals surface area contributed by atoms with Gasteiger partial charge < -0.3 is 5.73 Å². The highest BCUT2D eigenvalue weighted by atomic mass is 14.8. The first-order valence-corrected chi connectivity index (χ1v) is 4.65. The fraction of sp³-hybridized carbons (Fsp3) is 0. The third kappa shape index (κ3) is 2.40. The number of rotatable bonds is 2. The van der Waals surface area contributed by atoms with Gasteiger partial charge in [-0.25, -0.2) is 0 Å². The summed E-state index contributed by atoms with van der Waals surface area (Å²) < 4.78 is 0. The maximum atomic E-state index is 5.92. The summed E-state index contributed by atoms with van der Waals surface area (Å²) >= 11 is 0. The van der Waals surface area contributed by atoms with Crippen LogP contribution in [0.4, 0.5) is 0 Å². The van der Waals surface area contributed by atoms with Crippen molar-refractivity contribution in [2.75, 3.05) is 0 Å². The van der Waals surface area contributed by atoms with Crippen LogP contribution in [0.1, 0.15) is 11.3 Å². The Morgan fingerprint density at radius 2 is 1.93 bits per heavy atom. The van der Waals surface area contributed by atoms with E-state index < -0.39 is 0 Å². The van der Waals surface area contributed by atoms with E-state index in [4.69, 9.17) is 5.73 Å². The van der Waals surface area contributed by atoms with Crippen molar-refractivity contribution >= 4 is 11.8 Å². The van der Waals surface area contributed by atoms with Crippen LogP contribution in [0, 0.1) is 0 Å². The fourth-order valence-electron chi connectivity index (χ4n) is 1.26. The Balaban J connectivity index is 2.29. The molecule has 0 aliphatic carbocycles. The van der Waals surface area contributed by atoms with Crippen LogP contribution in [0.25, 0.3) is 11.8 Å². The van der Waals surface area contributed by atoms with E-state index in [1.807, 2.05) is 36.4 Å². The average Bonchev–Trinajstić information content (AvgIpc) is 2.31. The van der Waals surface area contributed by atoms with Gasteiger partial charge in [0, 0.05) is 18.1 Å². The molecule has 0 bridgehead atoms. The van der Waals surface area contributed by atoms with Gasteiger partial charge in [0.1, 0.15) is 0 Å². The largest absolute Gasteiger partial charge is 0.398 e. The van der Waals surface area contributed by atoms with E-state index in [0.29, 0.717) is 5.70 Å². The quantitative estimate of drug-likeness (QED) is 0.800. The molecule has 0 aliphatic heterocycles. The van der Waals surface area contributed by atoms with Crippen LogP contribution in [0.5, 0.6) is 0 Å². The van der Waals surface area contributed by atoms with E-state index >= 15 is 0 Å². The van der Waals surface area contributed by atoms with Gasteiger partial charge in [-0.2, -0.15) is 0 Å². The minimum atomic E-state index is 0.691. The zero-order valence-electron chi connectivity index (χ0n) is 8.17. The lowest BCUT2D eigenvalue weighted by Gasteiger charge is -2.00. The summed E-state index contributed by atoms with van der Waals surface area (Å²) in [6.45, 7) is 0. The molecule has 15 heavy (non-hydrogen) atoms. The molecule has 0 saturated carbocycles. The van der Waals surface area contributed by atoms with Crippen molar-refractivity contribution in [3.8, 4) is 0 Å². The molecule has 0 radical (unpaired) electrons. The second-order valence-corrected chi connectivity index (χ2v) is 3.10. The first-order valence-electron chi connectivity index (χ1n) is 4.65. The monoisotopic (exact) mass is 197 g/mol. The molecular formula is C12H11N3. The molecule has 0 saturated heterocycles. The normalized spacial score (nSPS) is 11.3. The van der Waals surface area contributed by atoms with Gasteiger partial charge in [-0.15, -0.1) is 0 Å². The average molecular weight is 197 g/mol. The van der Waals surface area contributed by atoms with Gasteiger partial charge in [-0.05, 0) is 11.6 Å². The van der Waals surface area contributed by atoms with Gasteiger partial charge in [-0.3, -0.25) is 9.97 Å². The molecule has 1 heterocycles. The molecule has 0 amide bonds. The van der Waals surface area contributed by atoms with Crippen LogP contribution in [-0.4, -0.2) is 9.97 Å². The molecule has 2 aromatic rings. The third-order valence-electron chi connectivity index (χ3n) is 1.99. The summed E-state index contributed by atoms with van der Waals surface area (Å²) in [5.74, 6) is 0. The summed E-state index contributed by atoms with van der Waals surface area (Å²) in [5, 5.41) is 0. The van der Waals surface area contributed by atoms with E-state index in [0.717, 1.165) is 11.3 Å². The minimum absolute atomic E-state index is 0.691. The Morgan fingerprint density at radius 1 is 1.13 bits per heavy atom. The van der Waals surface area contributed by atoms with Crippen LogP contribution in [0.2, 0.25) is 0 Å². The molecule has 0 atom stereocenters. The standard InChI is InChI=1S/C12H11N3/c13-12(10-4-2-1-3-5-10)8-11-9-14-6-7-15-11/h1-9H,13H2. The second kappa shape index (κ2) is 4.37. The summed E-state index contributed by atoms with van der Waals surface area (Å²) in [4.78, 5) is 8.09. The minimum Gasteiger partial charge on any atom is -0.398 e. The van der Waals surface area contributed by atoms with Gasteiger partial charge in [0.05, 0.1) is 11.9 Å². The van der Waals surface area contributed by atoms with Crippen LogP contribution >= 0.6 is 0 Å². The highest BCUT2D eigenvalue weighted by molar-refractivity contribution is 5.77. The molecular weight excluding hydrogens is 186 g/mol. The molecule has 3 nitrogen and oxygen atoms in total. The van der Waals surface area contributed by atoms with E-state index in [9.17, 15) is 0 Å². The van der Waals surface area contributed by atoms with E-state index in [1.165, 1.54) is 0 Å². The highest BCUT2D eigenvalue weighted by Gasteiger charge is 1.95. The van der Waals surface area contributed by atoms with Gasteiger partial charge in [0.2, 0.25) is 0 Å². The van der Waals surface area contributed by atoms with Gasteiger partial charge in [0.25, 0.3) is 0 Å².